The number of hydrogen-bond acceptors (Lipinski definition) is 2. The highest BCUT2D eigenvalue weighted by atomic mass is 16.3. The van der Waals surface area contributed by atoms with Crippen LogP contribution in [0.4, 0.5) is 0 Å². The first kappa shape index (κ1) is 20.1. The third-order valence-corrected chi connectivity index (χ3v) is 10.8. The molecule has 0 aromatic rings. The van der Waals surface area contributed by atoms with Crippen LogP contribution in [0.1, 0.15) is 104 Å². The van der Waals surface area contributed by atoms with Crippen LogP contribution in [0.2, 0.25) is 0 Å². The molecule has 0 aliphatic heterocycles. The van der Waals surface area contributed by atoms with Gasteiger partial charge in [-0.2, -0.15) is 5.26 Å². The lowest BCUT2D eigenvalue weighted by Crippen LogP contribution is -2.50. The van der Waals surface area contributed by atoms with Gasteiger partial charge in [-0.05, 0) is 112 Å². The van der Waals surface area contributed by atoms with E-state index in [0.29, 0.717) is 10.8 Å². The van der Waals surface area contributed by atoms with E-state index in [9.17, 15) is 10.4 Å². The van der Waals surface area contributed by atoms with Crippen LogP contribution in [0.5, 0.6) is 0 Å². The van der Waals surface area contributed by atoms with Crippen molar-refractivity contribution in [2.75, 3.05) is 0 Å². The first-order chi connectivity index (χ1) is 13.9. The fraction of sp³-hybridized carbons (Fsp3) is 0.889. The standard InChI is InChI=1S/C27H41NO/c1-25-14-11-24-22(8-6-20-17-21(29)10-13-26(20,24)2)23(25)9-7-19(25)5-3-4-12-27(18-28)15-16-27/h6,19,21-24,29H,3-5,7-17H2,1-2H3. The van der Waals surface area contributed by atoms with Crippen molar-refractivity contribution in [1.29, 1.82) is 5.26 Å². The van der Waals surface area contributed by atoms with Crippen LogP contribution in [0.15, 0.2) is 11.6 Å². The molecule has 7 unspecified atom stereocenters. The monoisotopic (exact) mass is 395 g/mol. The fourth-order valence-corrected chi connectivity index (χ4v) is 8.65. The number of hydrogen-bond donors (Lipinski definition) is 1. The molecule has 7 atom stereocenters. The second-order valence-electron chi connectivity index (χ2n) is 12.1. The normalized spacial score (nSPS) is 47.4. The summed E-state index contributed by atoms with van der Waals surface area (Å²) >= 11 is 0. The Kier molecular flexibility index (Phi) is 4.94. The molecule has 0 saturated heterocycles. The molecule has 4 saturated carbocycles. The molecule has 2 heteroatoms. The Balaban J connectivity index is 1.24. The Bertz CT molecular complexity index is 715. The SMILES string of the molecule is CC12CCC(O)CC1=CCC1C2CCC2(C)C(CCCCC3(C#N)CC3)CCC12. The van der Waals surface area contributed by atoms with Gasteiger partial charge in [0, 0.05) is 0 Å². The fourth-order valence-electron chi connectivity index (χ4n) is 8.65. The predicted octanol–water partition coefficient (Wildman–Crippen LogP) is 6.79. The van der Waals surface area contributed by atoms with Gasteiger partial charge in [0.25, 0.3) is 0 Å². The minimum atomic E-state index is -0.0913. The van der Waals surface area contributed by atoms with Gasteiger partial charge in [0.1, 0.15) is 0 Å². The van der Waals surface area contributed by atoms with Crippen molar-refractivity contribution in [3.8, 4) is 6.07 Å². The molecule has 5 rings (SSSR count). The molecule has 0 bridgehead atoms. The Morgan fingerprint density at radius 2 is 1.86 bits per heavy atom. The van der Waals surface area contributed by atoms with E-state index in [1.165, 1.54) is 57.8 Å². The molecule has 2 nitrogen and oxygen atoms in total. The quantitative estimate of drug-likeness (QED) is 0.411. The summed E-state index contributed by atoms with van der Waals surface area (Å²) in [4.78, 5) is 0. The molecule has 0 aromatic carbocycles. The van der Waals surface area contributed by atoms with Gasteiger partial charge in [-0.3, -0.25) is 0 Å². The first-order valence-electron chi connectivity index (χ1n) is 12.7. The van der Waals surface area contributed by atoms with E-state index in [4.69, 9.17) is 0 Å². The van der Waals surface area contributed by atoms with Crippen LogP contribution in [-0.4, -0.2) is 11.2 Å². The zero-order valence-electron chi connectivity index (χ0n) is 18.8. The van der Waals surface area contributed by atoms with Crippen molar-refractivity contribution >= 4 is 0 Å². The summed E-state index contributed by atoms with van der Waals surface area (Å²) in [6.07, 6.45) is 20.1. The van der Waals surface area contributed by atoms with Crippen molar-refractivity contribution in [2.45, 2.75) is 110 Å². The maximum Gasteiger partial charge on any atom is 0.0689 e. The van der Waals surface area contributed by atoms with E-state index >= 15 is 0 Å². The molecule has 5 aliphatic rings. The molecule has 4 fully saturated rings. The third-order valence-electron chi connectivity index (χ3n) is 10.8. The summed E-state index contributed by atoms with van der Waals surface area (Å²) in [5.74, 6) is 3.58. The lowest BCUT2D eigenvalue weighted by atomic mass is 9.47. The summed E-state index contributed by atoms with van der Waals surface area (Å²) in [6.45, 7) is 5.19. The molecular formula is C27H41NO. The number of aliphatic hydroxyl groups is 1. The third kappa shape index (κ3) is 3.22. The number of nitriles is 1. The molecule has 29 heavy (non-hydrogen) atoms. The van der Waals surface area contributed by atoms with Crippen molar-refractivity contribution < 1.29 is 5.11 Å². The van der Waals surface area contributed by atoms with Crippen molar-refractivity contribution in [2.24, 2.45) is 39.9 Å². The van der Waals surface area contributed by atoms with Gasteiger partial charge in [-0.15, -0.1) is 0 Å². The van der Waals surface area contributed by atoms with Crippen LogP contribution in [0.25, 0.3) is 0 Å². The number of allylic oxidation sites excluding steroid dienone is 1. The summed E-state index contributed by atoms with van der Waals surface area (Å²) in [6, 6.07) is 2.57. The Morgan fingerprint density at radius 1 is 1.03 bits per heavy atom. The molecule has 0 aromatic heterocycles. The molecule has 5 aliphatic carbocycles. The number of rotatable bonds is 5. The highest BCUT2D eigenvalue weighted by Gasteiger charge is 2.58. The average Bonchev–Trinajstić information content (AvgIpc) is 3.41. The van der Waals surface area contributed by atoms with E-state index in [-0.39, 0.29) is 11.5 Å². The van der Waals surface area contributed by atoms with Gasteiger partial charge in [0.2, 0.25) is 0 Å². The van der Waals surface area contributed by atoms with Gasteiger partial charge in [0.15, 0.2) is 0 Å². The topological polar surface area (TPSA) is 44.0 Å². The second kappa shape index (κ2) is 7.12. The number of aliphatic hydroxyl groups excluding tert-OH is 1. The average molecular weight is 396 g/mol. The number of nitrogens with zero attached hydrogens (tertiary/aromatic N) is 1. The maximum atomic E-state index is 10.2. The van der Waals surface area contributed by atoms with Crippen LogP contribution in [0, 0.1) is 51.2 Å². The van der Waals surface area contributed by atoms with Gasteiger partial charge in [-0.1, -0.05) is 38.3 Å². The van der Waals surface area contributed by atoms with E-state index in [0.717, 1.165) is 55.8 Å². The van der Waals surface area contributed by atoms with Gasteiger partial charge in [-0.25, -0.2) is 0 Å². The predicted molar refractivity (Wildman–Crippen MR) is 117 cm³/mol. The zero-order valence-corrected chi connectivity index (χ0v) is 18.8. The van der Waals surface area contributed by atoms with Gasteiger partial charge >= 0.3 is 0 Å². The molecule has 0 radical (unpaired) electrons. The minimum Gasteiger partial charge on any atom is -0.393 e. The van der Waals surface area contributed by atoms with Gasteiger partial charge < -0.3 is 5.11 Å². The summed E-state index contributed by atoms with van der Waals surface area (Å²) in [5.41, 5.74) is 2.62. The highest BCUT2D eigenvalue weighted by molar-refractivity contribution is 5.25. The number of fused-ring (bicyclic) bond motifs is 5. The van der Waals surface area contributed by atoms with E-state index in [1.54, 1.807) is 5.57 Å². The highest BCUT2D eigenvalue weighted by Crippen LogP contribution is 2.66. The van der Waals surface area contributed by atoms with Crippen molar-refractivity contribution in [3.63, 3.8) is 0 Å². The lowest BCUT2D eigenvalue weighted by molar-refractivity contribution is -0.0508. The zero-order chi connectivity index (χ0) is 20.3. The first-order valence-corrected chi connectivity index (χ1v) is 12.7. The van der Waals surface area contributed by atoms with Crippen molar-refractivity contribution in [3.05, 3.63) is 11.6 Å². The molecule has 0 spiro atoms. The minimum absolute atomic E-state index is 0.0913. The van der Waals surface area contributed by atoms with Crippen LogP contribution in [0.3, 0.4) is 0 Å². The largest absolute Gasteiger partial charge is 0.393 e. The van der Waals surface area contributed by atoms with Crippen LogP contribution in [-0.2, 0) is 0 Å². The maximum absolute atomic E-state index is 10.2. The Morgan fingerprint density at radius 3 is 2.62 bits per heavy atom. The van der Waals surface area contributed by atoms with E-state index in [1.807, 2.05) is 0 Å². The molecular weight excluding hydrogens is 354 g/mol. The van der Waals surface area contributed by atoms with E-state index in [2.05, 4.69) is 26.0 Å². The Hall–Kier alpha value is -0.810. The second-order valence-corrected chi connectivity index (χ2v) is 12.1. The van der Waals surface area contributed by atoms with Crippen molar-refractivity contribution in [1.82, 2.24) is 0 Å². The smallest absolute Gasteiger partial charge is 0.0689 e. The molecule has 1 N–H and O–H groups in total. The summed E-state index contributed by atoms with van der Waals surface area (Å²) in [5, 5.41) is 19.5. The Labute approximate surface area is 178 Å². The molecule has 0 heterocycles. The molecule has 160 valence electrons. The number of unbranched alkanes of at least 4 members (excludes halogenated alkanes) is 1. The summed E-state index contributed by atoms with van der Waals surface area (Å²) in [7, 11) is 0. The summed E-state index contributed by atoms with van der Waals surface area (Å²) < 4.78 is 0. The molecule has 0 amide bonds. The van der Waals surface area contributed by atoms with Gasteiger partial charge in [0.05, 0.1) is 17.6 Å². The lowest BCUT2D eigenvalue weighted by Gasteiger charge is -2.58. The van der Waals surface area contributed by atoms with Crippen LogP contribution >= 0.6 is 0 Å². The van der Waals surface area contributed by atoms with Crippen LogP contribution < -0.4 is 0 Å². The van der Waals surface area contributed by atoms with E-state index < -0.39 is 0 Å².